The number of rotatable bonds is 4. The van der Waals surface area contributed by atoms with Crippen LogP contribution < -0.4 is 5.73 Å². The molecule has 0 aliphatic rings. The van der Waals surface area contributed by atoms with Crippen molar-refractivity contribution in [1.82, 2.24) is 14.1 Å². The molecular formula is C8H13F3N4O2S. The molecule has 0 aromatic carbocycles. The number of hydrogen-bond donors (Lipinski definition) is 1. The fraction of sp³-hybridized carbons (Fsp3) is 0.625. The van der Waals surface area contributed by atoms with Gasteiger partial charge in [0, 0.05) is 19.8 Å². The first-order valence-corrected chi connectivity index (χ1v) is 6.38. The summed E-state index contributed by atoms with van der Waals surface area (Å²) in [5.41, 5.74) is 5.36. The number of sulfonamides is 1. The molecule has 2 N–H and O–H groups in total. The Morgan fingerprint density at radius 2 is 2.06 bits per heavy atom. The van der Waals surface area contributed by atoms with Crippen molar-refractivity contribution < 1.29 is 21.6 Å². The molecule has 1 aromatic rings. The molecule has 104 valence electrons. The summed E-state index contributed by atoms with van der Waals surface area (Å²) in [5.74, 6) is -0.321. The van der Waals surface area contributed by atoms with E-state index in [-0.39, 0.29) is 12.4 Å². The Labute approximate surface area is 102 Å². The summed E-state index contributed by atoms with van der Waals surface area (Å²) in [4.78, 5) is -0.420. The average Bonchev–Trinajstić information content (AvgIpc) is 2.53. The van der Waals surface area contributed by atoms with Crippen LogP contribution in [0.4, 0.5) is 19.0 Å². The highest BCUT2D eigenvalue weighted by Crippen LogP contribution is 2.24. The van der Waals surface area contributed by atoms with Crippen LogP contribution in [0, 0.1) is 0 Å². The summed E-state index contributed by atoms with van der Waals surface area (Å²) in [6.07, 6.45) is -3.54. The molecule has 0 amide bonds. The van der Waals surface area contributed by atoms with Gasteiger partial charge in [-0.25, -0.2) is 8.42 Å². The number of nitrogens with two attached hydrogens (primary N) is 1. The van der Waals surface area contributed by atoms with Gasteiger partial charge in [0.05, 0.1) is 0 Å². The first-order valence-electron chi connectivity index (χ1n) is 4.94. The molecule has 6 nitrogen and oxygen atoms in total. The molecule has 1 heterocycles. The van der Waals surface area contributed by atoms with Crippen LogP contribution in [0.5, 0.6) is 0 Å². The maximum absolute atomic E-state index is 12.3. The van der Waals surface area contributed by atoms with Gasteiger partial charge in [-0.2, -0.15) is 22.6 Å². The monoisotopic (exact) mass is 286 g/mol. The number of alkyl halides is 3. The predicted molar refractivity (Wildman–Crippen MR) is 58.1 cm³/mol. The Balaban J connectivity index is 3.15. The number of hydrogen-bond acceptors (Lipinski definition) is 4. The van der Waals surface area contributed by atoms with E-state index in [0.717, 1.165) is 10.9 Å². The van der Waals surface area contributed by atoms with Gasteiger partial charge in [0.1, 0.15) is 11.4 Å². The minimum Gasteiger partial charge on any atom is -0.381 e. The molecule has 0 fully saturated rings. The maximum Gasteiger partial charge on any atom is 0.402 e. The van der Waals surface area contributed by atoms with Crippen LogP contribution in [0.15, 0.2) is 11.1 Å². The SMILES string of the molecule is CCN(CC(F)(F)F)S(=O)(=O)c1cn(C)nc1N. The lowest BCUT2D eigenvalue weighted by molar-refractivity contribution is -0.135. The topological polar surface area (TPSA) is 81.2 Å². The molecule has 0 atom stereocenters. The Morgan fingerprint density at radius 3 is 2.39 bits per heavy atom. The van der Waals surface area contributed by atoms with Crippen LogP contribution in [0.1, 0.15) is 6.92 Å². The molecule has 0 radical (unpaired) electrons. The fourth-order valence-corrected chi connectivity index (χ4v) is 2.91. The molecular weight excluding hydrogens is 273 g/mol. The molecule has 18 heavy (non-hydrogen) atoms. The first-order chi connectivity index (χ1) is 8.08. The van der Waals surface area contributed by atoms with Gasteiger partial charge in [-0.1, -0.05) is 6.92 Å². The number of aromatic nitrogens is 2. The summed E-state index contributed by atoms with van der Waals surface area (Å²) in [6, 6.07) is 0. The van der Waals surface area contributed by atoms with Gasteiger partial charge in [-0.3, -0.25) is 4.68 Å². The van der Waals surface area contributed by atoms with Crippen molar-refractivity contribution in [3.8, 4) is 0 Å². The summed E-state index contributed by atoms with van der Waals surface area (Å²) >= 11 is 0. The molecule has 0 saturated carbocycles. The number of nitrogen functional groups attached to an aromatic ring is 1. The fourth-order valence-electron chi connectivity index (χ4n) is 1.39. The van der Waals surface area contributed by atoms with Crippen molar-refractivity contribution in [3.63, 3.8) is 0 Å². The standard InChI is InChI=1S/C8H13F3N4O2S/c1-3-15(5-8(9,10)11)18(16,17)6-4-14(2)13-7(6)12/h4H,3,5H2,1-2H3,(H2,12,13). The third kappa shape index (κ3) is 3.13. The highest BCUT2D eigenvalue weighted by Gasteiger charge is 2.37. The molecule has 0 aliphatic carbocycles. The van der Waals surface area contributed by atoms with Gasteiger partial charge in [0.2, 0.25) is 10.0 Å². The average molecular weight is 286 g/mol. The Hall–Kier alpha value is -1.29. The first kappa shape index (κ1) is 14.8. The molecule has 0 unspecified atom stereocenters. The van der Waals surface area contributed by atoms with E-state index in [1.807, 2.05) is 0 Å². The Morgan fingerprint density at radius 1 is 1.50 bits per heavy atom. The quantitative estimate of drug-likeness (QED) is 0.877. The van der Waals surface area contributed by atoms with Crippen molar-refractivity contribution in [3.05, 3.63) is 6.20 Å². The predicted octanol–water partition coefficient (Wildman–Crippen LogP) is 0.575. The lowest BCUT2D eigenvalue weighted by Gasteiger charge is -2.21. The van der Waals surface area contributed by atoms with Gasteiger partial charge in [0.15, 0.2) is 5.82 Å². The second kappa shape index (κ2) is 4.76. The molecule has 0 aliphatic heterocycles. The van der Waals surface area contributed by atoms with Gasteiger partial charge in [0.25, 0.3) is 0 Å². The van der Waals surface area contributed by atoms with Gasteiger partial charge >= 0.3 is 6.18 Å². The summed E-state index contributed by atoms with van der Waals surface area (Å²) in [5, 5.41) is 3.60. The molecule has 0 spiro atoms. The molecule has 0 saturated heterocycles. The van der Waals surface area contributed by atoms with Gasteiger partial charge < -0.3 is 5.73 Å². The van der Waals surface area contributed by atoms with E-state index in [9.17, 15) is 21.6 Å². The van der Waals surface area contributed by atoms with Crippen LogP contribution in [-0.4, -0.2) is 41.8 Å². The van der Waals surface area contributed by atoms with Crippen LogP contribution in [-0.2, 0) is 17.1 Å². The Bertz CT molecular complexity index is 523. The zero-order chi connectivity index (χ0) is 14.1. The molecule has 1 rings (SSSR count). The summed E-state index contributed by atoms with van der Waals surface area (Å²) in [7, 11) is -2.86. The van der Waals surface area contributed by atoms with Crippen molar-refractivity contribution in [1.29, 1.82) is 0 Å². The van der Waals surface area contributed by atoms with Crippen LogP contribution >= 0.6 is 0 Å². The highest BCUT2D eigenvalue weighted by atomic mass is 32.2. The lowest BCUT2D eigenvalue weighted by Crippen LogP contribution is -2.38. The second-order valence-corrected chi connectivity index (χ2v) is 5.51. The summed E-state index contributed by atoms with van der Waals surface area (Å²) in [6.45, 7) is -0.549. The van der Waals surface area contributed by atoms with Crippen LogP contribution in [0.25, 0.3) is 0 Å². The van der Waals surface area contributed by atoms with Gasteiger partial charge in [-0.05, 0) is 0 Å². The van der Waals surface area contributed by atoms with E-state index >= 15 is 0 Å². The minimum absolute atomic E-state index is 0.306. The number of aryl methyl sites for hydroxylation is 1. The minimum atomic E-state index is -4.61. The smallest absolute Gasteiger partial charge is 0.381 e. The third-order valence-electron chi connectivity index (χ3n) is 2.15. The largest absolute Gasteiger partial charge is 0.402 e. The van der Waals surface area contributed by atoms with Crippen molar-refractivity contribution in [2.75, 3.05) is 18.8 Å². The van der Waals surface area contributed by atoms with E-state index in [1.54, 1.807) is 0 Å². The third-order valence-corrected chi connectivity index (χ3v) is 4.09. The zero-order valence-corrected chi connectivity index (χ0v) is 10.6. The van der Waals surface area contributed by atoms with Crippen molar-refractivity contribution >= 4 is 15.8 Å². The van der Waals surface area contributed by atoms with E-state index in [2.05, 4.69) is 5.10 Å². The number of nitrogens with zero attached hydrogens (tertiary/aromatic N) is 3. The Kier molecular flexibility index (Phi) is 3.91. The highest BCUT2D eigenvalue weighted by molar-refractivity contribution is 7.89. The lowest BCUT2D eigenvalue weighted by atomic mass is 10.6. The molecule has 10 heteroatoms. The number of anilines is 1. The van der Waals surface area contributed by atoms with E-state index in [4.69, 9.17) is 5.73 Å². The zero-order valence-electron chi connectivity index (χ0n) is 9.77. The van der Waals surface area contributed by atoms with Gasteiger partial charge in [-0.15, -0.1) is 0 Å². The molecule has 0 bridgehead atoms. The normalized spacial score (nSPS) is 13.2. The van der Waals surface area contributed by atoms with Crippen LogP contribution in [0.3, 0.4) is 0 Å². The second-order valence-electron chi connectivity index (χ2n) is 3.60. The van der Waals surface area contributed by atoms with Crippen molar-refractivity contribution in [2.45, 2.75) is 18.0 Å². The van der Waals surface area contributed by atoms with E-state index < -0.39 is 27.6 Å². The van der Waals surface area contributed by atoms with E-state index in [1.165, 1.54) is 14.0 Å². The maximum atomic E-state index is 12.3. The summed E-state index contributed by atoms with van der Waals surface area (Å²) < 4.78 is 62.2. The molecule has 1 aromatic heterocycles. The van der Waals surface area contributed by atoms with Crippen LogP contribution in [0.2, 0.25) is 0 Å². The van der Waals surface area contributed by atoms with Crippen molar-refractivity contribution in [2.24, 2.45) is 7.05 Å². The number of halogens is 3. The van der Waals surface area contributed by atoms with E-state index in [0.29, 0.717) is 4.31 Å².